The normalized spacial score (nSPS) is 29.4. The van der Waals surface area contributed by atoms with E-state index in [-0.39, 0.29) is 22.5 Å². The minimum Gasteiger partial charge on any atom is -0.481 e. The Labute approximate surface area is 132 Å². The molecule has 2 bridgehead atoms. The van der Waals surface area contributed by atoms with Crippen LogP contribution in [0, 0.1) is 29.5 Å². The Balaban J connectivity index is 1.84. The summed E-state index contributed by atoms with van der Waals surface area (Å²) in [5, 5.41) is 12.2. The van der Waals surface area contributed by atoms with E-state index in [4.69, 9.17) is 11.6 Å². The summed E-state index contributed by atoms with van der Waals surface area (Å²) in [6, 6.07) is 3.96. The van der Waals surface area contributed by atoms with Crippen molar-refractivity contribution in [1.29, 1.82) is 0 Å². The number of rotatable bonds is 3. The van der Waals surface area contributed by atoms with Gasteiger partial charge in [-0.05, 0) is 42.9 Å². The predicted octanol–water partition coefficient (Wildman–Crippen LogP) is 3.33. The van der Waals surface area contributed by atoms with Crippen molar-refractivity contribution in [2.24, 2.45) is 23.7 Å². The van der Waals surface area contributed by atoms with E-state index in [1.54, 1.807) is 0 Å². The number of hydrogen-bond donors (Lipinski definition) is 2. The summed E-state index contributed by atoms with van der Waals surface area (Å²) in [6.07, 6.45) is 5.36. The zero-order chi connectivity index (χ0) is 15.9. The van der Waals surface area contributed by atoms with Gasteiger partial charge in [0.25, 0.3) is 0 Å². The number of carbonyl (C=O) groups excluding carboxylic acids is 1. The maximum absolute atomic E-state index is 13.8. The molecule has 1 amide bonds. The van der Waals surface area contributed by atoms with Crippen molar-refractivity contribution in [2.45, 2.75) is 12.8 Å². The average Bonchev–Trinajstić information content (AvgIpc) is 2.50. The third kappa shape index (κ3) is 2.61. The molecule has 0 unspecified atom stereocenters. The second kappa shape index (κ2) is 5.72. The maximum Gasteiger partial charge on any atom is 0.307 e. The minimum absolute atomic E-state index is 0.0176. The van der Waals surface area contributed by atoms with Crippen molar-refractivity contribution >= 4 is 29.2 Å². The highest BCUT2D eigenvalue weighted by Crippen LogP contribution is 2.45. The Morgan fingerprint density at radius 2 is 1.82 bits per heavy atom. The van der Waals surface area contributed by atoms with E-state index in [2.05, 4.69) is 5.32 Å². The number of benzene rings is 1. The summed E-state index contributed by atoms with van der Waals surface area (Å²) in [7, 11) is 0. The molecule has 1 aromatic rings. The summed E-state index contributed by atoms with van der Waals surface area (Å²) in [6.45, 7) is 0. The average molecular weight is 324 g/mol. The third-order valence-electron chi connectivity index (χ3n) is 4.53. The monoisotopic (exact) mass is 323 g/mol. The van der Waals surface area contributed by atoms with E-state index in [0.29, 0.717) is 0 Å². The van der Waals surface area contributed by atoms with Crippen molar-refractivity contribution in [3.63, 3.8) is 0 Å². The van der Waals surface area contributed by atoms with Gasteiger partial charge in [-0.3, -0.25) is 9.59 Å². The van der Waals surface area contributed by atoms with Gasteiger partial charge in [0.15, 0.2) is 0 Å². The first-order chi connectivity index (χ1) is 10.5. The second-order valence-corrected chi connectivity index (χ2v) is 6.23. The molecule has 3 aliphatic carbocycles. The van der Waals surface area contributed by atoms with Gasteiger partial charge < -0.3 is 10.4 Å². The van der Waals surface area contributed by atoms with E-state index in [0.717, 1.165) is 18.9 Å². The van der Waals surface area contributed by atoms with Crippen LogP contribution in [0.4, 0.5) is 10.1 Å². The van der Waals surface area contributed by atoms with Crippen molar-refractivity contribution in [1.82, 2.24) is 0 Å². The maximum atomic E-state index is 13.8. The molecule has 3 aliphatic rings. The Morgan fingerprint density at radius 1 is 1.18 bits per heavy atom. The number of anilines is 1. The van der Waals surface area contributed by atoms with Crippen LogP contribution in [0.25, 0.3) is 0 Å². The lowest BCUT2D eigenvalue weighted by Crippen LogP contribution is -2.47. The van der Waals surface area contributed by atoms with Crippen LogP contribution in [0.15, 0.2) is 30.4 Å². The van der Waals surface area contributed by atoms with Crippen LogP contribution in [-0.2, 0) is 9.59 Å². The summed E-state index contributed by atoms with van der Waals surface area (Å²) in [4.78, 5) is 24.0. The van der Waals surface area contributed by atoms with Gasteiger partial charge in [0.05, 0.1) is 17.5 Å². The van der Waals surface area contributed by atoms with Crippen molar-refractivity contribution in [3.05, 3.63) is 41.2 Å². The molecule has 4 nitrogen and oxygen atoms in total. The first-order valence-electron chi connectivity index (χ1n) is 7.14. The lowest BCUT2D eigenvalue weighted by Gasteiger charge is -2.41. The fourth-order valence-electron chi connectivity index (χ4n) is 3.50. The van der Waals surface area contributed by atoms with E-state index in [1.165, 1.54) is 12.1 Å². The molecule has 1 fully saturated rings. The number of amides is 1. The van der Waals surface area contributed by atoms with Gasteiger partial charge in [-0.25, -0.2) is 4.39 Å². The first kappa shape index (κ1) is 15.0. The number of fused-ring (bicyclic) bond motifs is 2. The molecule has 1 aromatic carbocycles. The van der Waals surface area contributed by atoms with E-state index in [9.17, 15) is 19.1 Å². The number of carbonyl (C=O) groups is 2. The lowest BCUT2D eigenvalue weighted by atomic mass is 9.62. The van der Waals surface area contributed by atoms with Crippen molar-refractivity contribution < 1.29 is 19.1 Å². The first-order valence-corrected chi connectivity index (χ1v) is 7.52. The quantitative estimate of drug-likeness (QED) is 0.838. The number of carboxylic acid groups (broad SMARTS) is 1. The van der Waals surface area contributed by atoms with Gasteiger partial charge in [0, 0.05) is 5.02 Å². The zero-order valence-electron chi connectivity index (χ0n) is 11.6. The van der Waals surface area contributed by atoms with Gasteiger partial charge in [0.2, 0.25) is 5.91 Å². The highest BCUT2D eigenvalue weighted by atomic mass is 35.5. The van der Waals surface area contributed by atoms with Gasteiger partial charge in [-0.1, -0.05) is 23.8 Å². The summed E-state index contributed by atoms with van der Waals surface area (Å²) in [5.41, 5.74) is 0.0176. The van der Waals surface area contributed by atoms with Crippen LogP contribution in [0.2, 0.25) is 5.02 Å². The Bertz CT molecular complexity index is 661. The fraction of sp³-hybridized carbons (Fsp3) is 0.375. The smallest absolute Gasteiger partial charge is 0.307 e. The Kier molecular flexibility index (Phi) is 3.91. The second-order valence-electron chi connectivity index (χ2n) is 5.79. The van der Waals surface area contributed by atoms with E-state index < -0.39 is 29.5 Å². The van der Waals surface area contributed by atoms with E-state index >= 15 is 0 Å². The zero-order valence-corrected chi connectivity index (χ0v) is 12.4. The summed E-state index contributed by atoms with van der Waals surface area (Å²) < 4.78 is 13.8. The van der Waals surface area contributed by atoms with Gasteiger partial charge in [0.1, 0.15) is 5.82 Å². The predicted molar refractivity (Wildman–Crippen MR) is 80.0 cm³/mol. The minimum atomic E-state index is -0.976. The number of carboxylic acids is 1. The molecule has 0 heterocycles. The molecule has 0 saturated heterocycles. The SMILES string of the molecule is O=C(O)[C@@H]1[C@@H](C(=O)Nc2ccc(Cl)cc2F)[C@H]2C=C[C@@H]1CC2. The number of hydrogen-bond acceptors (Lipinski definition) is 2. The molecule has 1 saturated carbocycles. The van der Waals surface area contributed by atoms with E-state index in [1.807, 2.05) is 12.2 Å². The molecule has 0 radical (unpaired) electrons. The molecule has 0 spiro atoms. The van der Waals surface area contributed by atoms with Crippen LogP contribution in [-0.4, -0.2) is 17.0 Å². The van der Waals surface area contributed by atoms with Gasteiger partial charge in [-0.15, -0.1) is 0 Å². The largest absolute Gasteiger partial charge is 0.481 e. The molecule has 0 aliphatic heterocycles. The lowest BCUT2D eigenvalue weighted by molar-refractivity contribution is -0.151. The van der Waals surface area contributed by atoms with Crippen LogP contribution in [0.3, 0.4) is 0 Å². The molecular formula is C16H15ClFNO3. The fourth-order valence-corrected chi connectivity index (χ4v) is 3.65. The molecule has 6 heteroatoms. The highest BCUT2D eigenvalue weighted by Gasteiger charge is 2.48. The van der Waals surface area contributed by atoms with Crippen LogP contribution < -0.4 is 5.32 Å². The summed E-state index contributed by atoms with van der Waals surface area (Å²) in [5.74, 6) is -3.72. The molecule has 2 N–H and O–H groups in total. The molecule has 22 heavy (non-hydrogen) atoms. The molecule has 4 atom stereocenters. The Hall–Kier alpha value is -1.88. The number of allylic oxidation sites excluding steroid dienone is 2. The van der Waals surface area contributed by atoms with Gasteiger partial charge >= 0.3 is 5.97 Å². The number of nitrogens with one attached hydrogen (secondary N) is 1. The van der Waals surface area contributed by atoms with Gasteiger partial charge in [-0.2, -0.15) is 0 Å². The molecule has 0 aromatic heterocycles. The topological polar surface area (TPSA) is 66.4 Å². The van der Waals surface area contributed by atoms with Crippen molar-refractivity contribution in [2.75, 3.05) is 5.32 Å². The van der Waals surface area contributed by atoms with Crippen LogP contribution in [0.5, 0.6) is 0 Å². The third-order valence-corrected chi connectivity index (χ3v) is 4.76. The summed E-state index contributed by atoms with van der Waals surface area (Å²) >= 11 is 5.68. The molecule has 4 rings (SSSR count). The van der Waals surface area contributed by atoms with Crippen LogP contribution in [0.1, 0.15) is 12.8 Å². The molecular weight excluding hydrogens is 309 g/mol. The van der Waals surface area contributed by atoms with Crippen molar-refractivity contribution in [3.8, 4) is 0 Å². The molecule has 116 valence electrons. The van der Waals surface area contributed by atoms with Crippen LogP contribution >= 0.6 is 11.6 Å². The Morgan fingerprint density at radius 3 is 2.36 bits per heavy atom. The highest BCUT2D eigenvalue weighted by molar-refractivity contribution is 6.30. The number of aliphatic carboxylic acids is 1. The number of halogens is 2. The standard InChI is InChI=1S/C16H15ClFNO3/c17-10-5-6-12(11(18)7-10)19-15(20)13-8-1-3-9(4-2-8)14(13)16(21)22/h1,3,5-9,13-14H,2,4H2,(H,19,20)(H,21,22)/t8-,9+,13-,14-/m0/s1.